The van der Waals surface area contributed by atoms with Gasteiger partial charge in [0.15, 0.2) is 5.82 Å². The average molecular weight is 439 g/mol. The van der Waals surface area contributed by atoms with Crippen LogP contribution in [-0.2, 0) is 13.1 Å². The zero-order valence-corrected chi connectivity index (χ0v) is 18.8. The molecule has 1 aliphatic heterocycles. The highest BCUT2D eigenvalue weighted by molar-refractivity contribution is 5.94. The molecule has 168 valence electrons. The summed E-state index contributed by atoms with van der Waals surface area (Å²) in [7, 11) is 0. The van der Waals surface area contributed by atoms with E-state index in [4.69, 9.17) is 9.97 Å². The molecular formula is C28H30N4O. The van der Waals surface area contributed by atoms with Gasteiger partial charge in [-0.05, 0) is 22.8 Å². The van der Waals surface area contributed by atoms with Crippen LogP contribution in [0, 0.1) is 0 Å². The molecule has 4 aromatic rings. The minimum Gasteiger partial charge on any atom is -0.396 e. The van der Waals surface area contributed by atoms with Crippen LogP contribution in [0.1, 0.15) is 17.5 Å². The van der Waals surface area contributed by atoms with Crippen LogP contribution in [0.5, 0.6) is 0 Å². The molecule has 1 fully saturated rings. The van der Waals surface area contributed by atoms with Gasteiger partial charge in [0.25, 0.3) is 0 Å². The zero-order valence-electron chi connectivity index (χ0n) is 18.8. The Kier molecular flexibility index (Phi) is 6.72. The monoisotopic (exact) mass is 438 g/mol. The Labute approximate surface area is 195 Å². The van der Waals surface area contributed by atoms with Crippen molar-refractivity contribution in [2.45, 2.75) is 25.6 Å². The summed E-state index contributed by atoms with van der Waals surface area (Å²) in [6.45, 7) is 4.92. The first kappa shape index (κ1) is 21.7. The van der Waals surface area contributed by atoms with Gasteiger partial charge in [0.1, 0.15) is 0 Å². The molecule has 33 heavy (non-hydrogen) atoms. The maximum absolute atomic E-state index is 9.63. The van der Waals surface area contributed by atoms with Crippen LogP contribution in [0.25, 0.3) is 22.2 Å². The van der Waals surface area contributed by atoms with Crippen molar-refractivity contribution in [3.63, 3.8) is 0 Å². The van der Waals surface area contributed by atoms with Gasteiger partial charge < -0.3 is 5.11 Å². The number of fused-ring (bicyclic) bond motifs is 1. The van der Waals surface area contributed by atoms with E-state index in [0.717, 1.165) is 56.1 Å². The number of aromatic nitrogens is 2. The van der Waals surface area contributed by atoms with Crippen LogP contribution in [-0.4, -0.2) is 57.2 Å². The normalized spacial score (nSPS) is 17.4. The lowest BCUT2D eigenvalue weighted by atomic mass is 10.0. The number of piperazine rings is 1. The molecule has 5 rings (SSSR count). The fraction of sp³-hybridized carbons (Fsp3) is 0.286. The van der Waals surface area contributed by atoms with Crippen molar-refractivity contribution < 1.29 is 5.11 Å². The quantitative estimate of drug-likeness (QED) is 0.465. The lowest BCUT2D eigenvalue weighted by Crippen LogP contribution is -2.52. The number of benzene rings is 3. The Morgan fingerprint density at radius 2 is 1.55 bits per heavy atom. The maximum Gasteiger partial charge on any atom is 0.159 e. The highest BCUT2D eigenvalue weighted by atomic mass is 16.3. The van der Waals surface area contributed by atoms with Crippen LogP contribution < -0.4 is 0 Å². The number of nitrogens with zero attached hydrogens (tertiary/aromatic N) is 4. The van der Waals surface area contributed by atoms with Gasteiger partial charge in [0.2, 0.25) is 0 Å². The molecule has 1 saturated heterocycles. The number of hydrogen-bond donors (Lipinski definition) is 1. The molecule has 1 aromatic heterocycles. The molecule has 1 atom stereocenters. The molecule has 0 spiro atoms. The highest BCUT2D eigenvalue weighted by Gasteiger charge is 2.26. The smallest absolute Gasteiger partial charge is 0.159 e. The van der Waals surface area contributed by atoms with E-state index in [1.807, 2.05) is 12.4 Å². The van der Waals surface area contributed by atoms with Gasteiger partial charge in [-0.25, -0.2) is 9.97 Å². The van der Waals surface area contributed by atoms with Gasteiger partial charge in [0.05, 0.1) is 0 Å². The third kappa shape index (κ3) is 5.11. The van der Waals surface area contributed by atoms with Crippen molar-refractivity contribution in [3.8, 4) is 11.4 Å². The molecule has 5 nitrogen and oxygen atoms in total. The first-order valence-corrected chi connectivity index (χ1v) is 11.7. The second kappa shape index (κ2) is 10.2. The van der Waals surface area contributed by atoms with E-state index in [1.165, 1.54) is 16.3 Å². The van der Waals surface area contributed by atoms with Crippen LogP contribution in [0.4, 0.5) is 0 Å². The first-order valence-electron chi connectivity index (χ1n) is 11.7. The second-order valence-corrected chi connectivity index (χ2v) is 8.80. The SMILES string of the molecule is OCC[C@@H]1CN(Cc2cnc(-c3cccc4ccccc34)nc2)CCN1Cc1ccccc1. The minimum absolute atomic E-state index is 0.215. The van der Waals surface area contributed by atoms with E-state index in [2.05, 4.69) is 82.6 Å². The number of aliphatic hydroxyl groups is 1. The number of hydrogen-bond acceptors (Lipinski definition) is 5. The van der Waals surface area contributed by atoms with Crippen molar-refractivity contribution in [1.82, 2.24) is 19.8 Å². The Morgan fingerprint density at radius 3 is 2.36 bits per heavy atom. The highest BCUT2D eigenvalue weighted by Crippen LogP contribution is 2.26. The Bertz CT molecular complexity index is 1170. The maximum atomic E-state index is 9.63. The fourth-order valence-corrected chi connectivity index (χ4v) is 4.80. The number of rotatable bonds is 7. The molecule has 0 amide bonds. The molecule has 0 aliphatic carbocycles. The topological polar surface area (TPSA) is 52.5 Å². The van der Waals surface area contributed by atoms with Gasteiger partial charge in [-0.1, -0.05) is 72.8 Å². The van der Waals surface area contributed by atoms with Gasteiger partial charge >= 0.3 is 0 Å². The first-order chi connectivity index (χ1) is 16.3. The summed E-state index contributed by atoms with van der Waals surface area (Å²) in [4.78, 5) is 14.4. The lowest BCUT2D eigenvalue weighted by Gasteiger charge is -2.41. The minimum atomic E-state index is 0.215. The van der Waals surface area contributed by atoms with Crippen molar-refractivity contribution in [1.29, 1.82) is 0 Å². The van der Waals surface area contributed by atoms with E-state index < -0.39 is 0 Å². The third-order valence-corrected chi connectivity index (χ3v) is 6.52. The van der Waals surface area contributed by atoms with Crippen molar-refractivity contribution in [2.75, 3.05) is 26.2 Å². The molecule has 0 unspecified atom stereocenters. The van der Waals surface area contributed by atoms with Crippen LogP contribution in [0.3, 0.4) is 0 Å². The Balaban J connectivity index is 1.26. The van der Waals surface area contributed by atoms with Crippen LogP contribution in [0.15, 0.2) is 85.2 Å². The summed E-state index contributed by atoms with van der Waals surface area (Å²) in [6.07, 6.45) is 4.71. The summed E-state index contributed by atoms with van der Waals surface area (Å²) in [5.41, 5.74) is 3.52. The molecule has 5 heteroatoms. The predicted molar refractivity (Wildman–Crippen MR) is 133 cm³/mol. The van der Waals surface area contributed by atoms with Crippen LogP contribution >= 0.6 is 0 Å². The molecule has 0 saturated carbocycles. The lowest BCUT2D eigenvalue weighted by molar-refractivity contribution is 0.0499. The van der Waals surface area contributed by atoms with Crippen LogP contribution in [0.2, 0.25) is 0 Å². The molecule has 2 heterocycles. The molecule has 1 N–H and O–H groups in total. The number of aliphatic hydroxyl groups excluding tert-OH is 1. The van der Waals surface area contributed by atoms with Gasteiger partial charge in [0, 0.05) is 68.9 Å². The van der Waals surface area contributed by atoms with E-state index >= 15 is 0 Å². The fourth-order valence-electron chi connectivity index (χ4n) is 4.80. The Hall–Kier alpha value is -3.12. The summed E-state index contributed by atoms with van der Waals surface area (Å²) in [6, 6.07) is 25.6. The Morgan fingerprint density at radius 1 is 0.788 bits per heavy atom. The van der Waals surface area contributed by atoms with Gasteiger partial charge in [-0.2, -0.15) is 0 Å². The van der Waals surface area contributed by atoms with Gasteiger partial charge in [-0.15, -0.1) is 0 Å². The van der Waals surface area contributed by atoms with Crippen molar-refractivity contribution in [3.05, 3.63) is 96.3 Å². The van der Waals surface area contributed by atoms with E-state index in [1.54, 1.807) is 0 Å². The molecule has 0 radical (unpaired) electrons. The summed E-state index contributed by atoms with van der Waals surface area (Å²) in [5, 5.41) is 12.0. The average Bonchev–Trinajstić information content (AvgIpc) is 2.87. The molecule has 1 aliphatic rings. The second-order valence-electron chi connectivity index (χ2n) is 8.80. The van der Waals surface area contributed by atoms with Gasteiger partial charge in [-0.3, -0.25) is 9.80 Å². The standard InChI is InChI=1S/C28H30N4O/c33-16-13-25-21-31(14-15-32(25)20-22-7-2-1-3-8-22)19-23-17-29-28(30-18-23)27-12-6-10-24-9-4-5-11-26(24)27/h1-12,17-18,25,33H,13-16,19-21H2/t25-/m1/s1. The summed E-state index contributed by atoms with van der Waals surface area (Å²) < 4.78 is 0. The summed E-state index contributed by atoms with van der Waals surface area (Å²) >= 11 is 0. The van der Waals surface area contributed by atoms with Crippen molar-refractivity contribution in [2.24, 2.45) is 0 Å². The summed E-state index contributed by atoms with van der Waals surface area (Å²) in [5.74, 6) is 0.765. The zero-order chi connectivity index (χ0) is 22.5. The van der Waals surface area contributed by atoms with E-state index in [-0.39, 0.29) is 6.61 Å². The molecule has 3 aromatic carbocycles. The third-order valence-electron chi connectivity index (χ3n) is 6.52. The molecule has 0 bridgehead atoms. The largest absolute Gasteiger partial charge is 0.396 e. The van der Waals surface area contributed by atoms with E-state index in [0.29, 0.717) is 6.04 Å². The predicted octanol–water partition coefficient (Wildman–Crippen LogP) is 4.37. The van der Waals surface area contributed by atoms with Crippen molar-refractivity contribution >= 4 is 10.8 Å². The van der Waals surface area contributed by atoms with E-state index in [9.17, 15) is 5.11 Å². The molecular weight excluding hydrogens is 408 g/mol.